The molecule has 2 amide bonds. The molecule has 0 saturated carbocycles. The summed E-state index contributed by atoms with van der Waals surface area (Å²) in [7, 11) is 0. The molecule has 0 aliphatic carbocycles. The highest BCUT2D eigenvalue weighted by atomic mass is 32.2. The van der Waals surface area contributed by atoms with Gasteiger partial charge in [0.05, 0.1) is 11.5 Å². The first-order valence-corrected chi connectivity index (χ1v) is 9.92. The van der Waals surface area contributed by atoms with Crippen molar-refractivity contribution in [1.82, 2.24) is 4.90 Å². The molecule has 4 nitrogen and oxygen atoms in total. The van der Waals surface area contributed by atoms with Gasteiger partial charge in [-0.15, -0.1) is 23.1 Å². The molecular weight excluding hydrogens is 340 g/mol. The van der Waals surface area contributed by atoms with Crippen molar-refractivity contribution in [3.8, 4) is 0 Å². The van der Waals surface area contributed by atoms with Gasteiger partial charge >= 0.3 is 0 Å². The van der Waals surface area contributed by atoms with Crippen molar-refractivity contribution in [3.63, 3.8) is 0 Å². The number of hydrogen-bond acceptors (Lipinski definition) is 4. The summed E-state index contributed by atoms with van der Waals surface area (Å²) in [5.74, 6) is 0.674. The molecule has 0 saturated heterocycles. The van der Waals surface area contributed by atoms with E-state index < -0.39 is 0 Å². The zero-order valence-electron chi connectivity index (χ0n) is 13.6. The predicted molar refractivity (Wildman–Crippen MR) is 101 cm³/mol. The molecule has 2 aromatic rings. The summed E-state index contributed by atoms with van der Waals surface area (Å²) in [6.07, 6.45) is 0.942. The number of rotatable bonds is 5. The van der Waals surface area contributed by atoms with Gasteiger partial charge in [0.2, 0.25) is 11.8 Å². The average molecular weight is 361 g/mol. The van der Waals surface area contributed by atoms with Crippen molar-refractivity contribution in [1.29, 1.82) is 0 Å². The fourth-order valence-corrected chi connectivity index (χ4v) is 4.22. The van der Waals surface area contributed by atoms with Gasteiger partial charge in [0.25, 0.3) is 0 Å². The number of hydrogen-bond donors (Lipinski definition) is 1. The van der Waals surface area contributed by atoms with Crippen LogP contribution in [0.5, 0.6) is 0 Å². The fraction of sp³-hybridized carbons (Fsp3) is 0.333. The molecule has 0 radical (unpaired) electrons. The van der Waals surface area contributed by atoms with Crippen LogP contribution in [0.4, 0.5) is 5.69 Å². The van der Waals surface area contributed by atoms with Crippen molar-refractivity contribution in [2.24, 2.45) is 0 Å². The second-order valence-corrected chi connectivity index (χ2v) is 7.83. The van der Waals surface area contributed by atoms with E-state index in [1.165, 1.54) is 22.2 Å². The normalized spacial score (nSPS) is 13.5. The summed E-state index contributed by atoms with van der Waals surface area (Å²) in [4.78, 5) is 27.5. The zero-order chi connectivity index (χ0) is 16.9. The molecule has 1 aromatic carbocycles. The summed E-state index contributed by atoms with van der Waals surface area (Å²) in [6, 6.07) is 9.79. The number of nitrogens with one attached hydrogen (secondary N) is 1. The molecule has 3 rings (SSSR count). The van der Waals surface area contributed by atoms with Crippen LogP contribution >= 0.6 is 23.1 Å². The molecule has 24 heavy (non-hydrogen) atoms. The molecule has 6 heteroatoms. The number of thiophene rings is 1. The molecule has 0 fully saturated rings. The summed E-state index contributed by atoms with van der Waals surface area (Å²) in [6.45, 7) is 3.49. The predicted octanol–water partition coefficient (Wildman–Crippen LogP) is 3.31. The number of aryl methyl sites for hydroxylation is 1. The van der Waals surface area contributed by atoms with E-state index in [0.29, 0.717) is 12.3 Å². The second-order valence-electron chi connectivity index (χ2n) is 5.84. The Morgan fingerprint density at radius 3 is 2.79 bits per heavy atom. The third-order valence-electron chi connectivity index (χ3n) is 3.95. The summed E-state index contributed by atoms with van der Waals surface area (Å²) in [5, 5.41) is 4.93. The molecule has 2 heterocycles. The van der Waals surface area contributed by atoms with Crippen LogP contribution in [0.1, 0.15) is 16.0 Å². The first kappa shape index (κ1) is 17.0. The molecule has 126 valence electrons. The van der Waals surface area contributed by atoms with E-state index in [-0.39, 0.29) is 17.6 Å². The fourth-order valence-electron chi connectivity index (χ4n) is 2.62. The van der Waals surface area contributed by atoms with Crippen LogP contribution in [-0.2, 0) is 22.6 Å². The number of carbonyl (C=O) groups excluding carboxylic acids is 2. The Morgan fingerprint density at radius 2 is 2.00 bits per heavy atom. The maximum Gasteiger partial charge on any atom is 0.234 e. The lowest BCUT2D eigenvalue weighted by molar-refractivity contribution is -0.129. The maximum atomic E-state index is 12.3. The van der Waals surface area contributed by atoms with Gasteiger partial charge in [-0.05, 0) is 42.5 Å². The van der Waals surface area contributed by atoms with Gasteiger partial charge < -0.3 is 10.2 Å². The smallest absolute Gasteiger partial charge is 0.234 e. The molecular formula is C18H20N2O2S2. The van der Waals surface area contributed by atoms with E-state index in [1.807, 2.05) is 36.1 Å². The standard InChI is InChI=1S/C18H20N2O2S2/c1-13-2-4-15(5-3-13)19-17(21)11-23-12-18(22)20-8-6-16-14(10-20)7-9-24-16/h2-5,7,9H,6,8,10-12H2,1H3,(H,19,21). The monoisotopic (exact) mass is 360 g/mol. The van der Waals surface area contributed by atoms with Crippen LogP contribution < -0.4 is 5.32 Å². The number of nitrogens with zero attached hydrogens (tertiary/aromatic N) is 1. The third-order valence-corrected chi connectivity index (χ3v) is 5.89. The number of benzene rings is 1. The van der Waals surface area contributed by atoms with Gasteiger partial charge in [-0.1, -0.05) is 17.7 Å². The van der Waals surface area contributed by atoms with Crippen molar-refractivity contribution >= 4 is 40.6 Å². The third kappa shape index (κ3) is 4.39. The van der Waals surface area contributed by atoms with Gasteiger partial charge in [0.1, 0.15) is 0 Å². The number of carbonyl (C=O) groups is 2. The van der Waals surface area contributed by atoms with Crippen molar-refractivity contribution in [3.05, 3.63) is 51.7 Å². The Bertz CT molecular complexity index is 725. The van der Waals surface area contributed by atoms with E-state index in [4.69, 9.17) is 0 Å². The zero-order valence-corrected chi connectivity index (χ0v) is 15.2. The Balaban J connectivity index is 1.40. The van der Waals surface area contributed by atoms with Gasteiger partial charge in [-0.2, -0.15) is 0 Å². The van der Waals surface area contributed by atoms with Crippen molar-refractivity contribution < 1.29 is 9.59 Å². The van der Waals surface area contributed by atoms with Crippen LogP contribution in [0.15, 0.2) is 35.7 Å². The minimum atomic E-state index is -0.0737. The SMILES string of the molecule is Cc1ccc(NC(=O)CSCC(=O)N2CCc3sccc3C2)cc1. The van der Waals surface area contributed by atoms with Crippen LogP contribution in [0, 0.1) is 6.92 Å². The molecule has 1 aliphatic rings. The molecule has 1 aliphatic heterocycles. The molecule has 1 N–H and O–H groups in total. The summed E-state index contributed by atoms with van der Waals surface area (Å²) >= 11 is 3.13. The lowest BCUT2D eigenvalue weighted by atomic mass is 10.1. The minimum Gasteiger partial charge on any atom is -0.337 e. The number of amides is 2. The van der Waals surface area contributed by atoms with Gasteiger partial charge in [-0.3, -0.25) is 9.59 Å². The van der Waals surface area contributed by atoms with E-state index in [0.717, 1.165) is 24.2 Å². The van der Waals surface area contributed by atoms with Crippen LogP contribution in [-0.4, -0.2) is 34.8 Å². The highest BCUT2D eigenvalue weighted by Crippen LogP contribution is 2.24. The van der Waals surface area contributed by atoms with Gasteiger partial charge in [0, 0.05) is 23.7 Å². The number of thioether (sulfide) groups is 1. The van der Waals surface area contributed by atoms with E-state index in [2.05, 4.69) is 16.8 Å². The van der Waals surface area contributed by atoms with E-state index in [9.17, 15) is 9.59 Å². The van der Waals surface area contributed by atoms with E-state index in [1.54, 1.807) is 11.3 Å². The topological polar surface area (TPSA) is 49.4 Å². The molecule has 1 aromatic heterocycles. The van der Waals surface area contributed by atoms with Gasteiger partial charge in [0.15, 0.2) is 0 Å². The van der Waals surface area contributed by atoms with Crippen LogP contribution in [0.2, 0.25) is 0 Å². The Labute approximate surface area is 150 Å². The largest absolute Gasteiger partial charge is 0.337 e. The average Bonchev–Trinajstić information content (AvgIpc) is 3.04. The first-order chi connectivity index (χ1) is 11.6. The van der Waals surface area contributed by atoms with Crippen LogP contribution in [0.25, 0.3) is 0 Å². The highest BCUT2D eigenvalue weighted by Gasteiger charge is 2.21. The summed E-state index contributed by atoms with van der Waals surface area (Å²) in [5.41, 5.74) is 3.21. The highest BCUT2D eigenvalue weighted by molar-refractivity contribution is 8.00. The molecule has 0 bridgehead atoms. The first-order valence-electron chi connectivity index (χ1n) is 7.89. The molecule has 0 spiro atoms. The maximum absolute atomic E-state index is 12.3. The quantitative estimate of drug-likeness (QED) is 0.890. The van der Waals surface area contributed by atoms with Crippen molar-refractivity contribution in [2.75, 3.05) is 23.4 Å². The minimum absolute atomic E-state index is 0.0737. The Hall–Kier alpha value is -1.79. The molecule has 0 unspecified atom stereocenters. The lowest BCUT2D eigenvalue weighted by Crippen LogP contribution is -2.36. The lowest BCUT2D eigenvalue weighted by Gasteiger charge is -2.26. The van der Waals surface area contributed by atoms with Gasteiger partial charge in [-0.25, -0.2) is 0 Å². The van der Waals surface area contributed by atoms with Crippen molar-refractivity contribution in [2.45, 2.75) is 19.9 Å². The number of fused-ring (bicyclic) bond motifs is 1. The Morgan fingerprint density at radius 1 is 1.21 bits per heavy atom. The number of anilines is 1. The molecule has 0 atom stereocenters. The van der Waals surface area contributed by atoms with Crippen LogP contribution in [0.3, 0.4) is 0 Å². The second kappa shape index (κ2) is 7.85. The Kier molecular flexibility index (Phi) is 5.58. The van der Waals surface area contributed by atoms with E-state index >= 15 is 0 Å². The summed E-state index contributed by atoms with van der Waals surface area (Å²) < 4.78 is 0.